The minimum Gasteiger partial charge on any atom is -0.464 e. The molecule has 2 rings (SSSR count). The predicted octanol–water partition coefficient (Wildman–Crippen LogP) is 1.91. The second-order valence-electron chi connectivity index (χ2n) is 4.22. The molecule has 0 atom stereocenters. The molecule has 1 aromatic carbocycles. The third kappa shape index (κ3) is 3.00. The van der Waals surface area contributed by atoms with E-state index in [9.17, 15) is 13.2 Å². The van der Waals surface area contributed by atoms with E-state index in [2.05, 4.69) is 14.4 Å². The summed E-state index contributed by atoms with van der Waals surface area (Å²) in [7, 11) is -2.52. The monoisotopic (exact) mass is 294 g/mol. The van der Waals surface area contributed by atoms with E-state index < -0.39 is 16.0 Å². The molecular weight excluding hydrogens is 280 g/mol. The van der Waals surface area contributed by atoms with Crippen LogP contribution < -0.4 is 4.72 Å². The number of H-pyrrole nitrogens is 1. The Hall–Kier alpha value is -2.28. The van der Waals surface area contributed by atoms with E-state index in [0.717, 1.165) is 5.56 Å². The van der Waals surface area contributed by atoms with Crippen molar-refractivity contribution in [3.05, 3.63) is 47.8 Å². The van der Waals surface area contributed by atoms with E-state index in [1.807, 2.05) is 13.0 Å². The van der Waals surface area contributed by atoms with Crippen LogP contribution in [0.25, 0.3) is 0 Å². The molecule has 0 saturated heterocycles. The van der Waals surface area contributed by atoms with Gasteiger partial charge >= 0.3 is 5.97 Å². The topological polar surface area (TPSA) is 88.3 Å². The first-order valence-corrected chi connectivity index (χ1v) is 7.27. The maximum atomic E-state index is 12.2. The highest BCUT2D eigenvalue weighted by molar-refractivity contribution is 7.92. The number of aryl methyl sites for hydroxylation is 1. The Balaban J connectivity index is 2.27. The SMILES string of the molecule is COC(=O)c1cc(S(=O)(=O)Nc2cccc(C)c2)c[nH]1. The number of sulfonamides is 1. The van der Waals surface area contributed by atoms with Gasteiger partial charge in [0.2, 0.25) is 0 Å². The number of hydrogen-bond donors (Lipinski definition) is 2. The molecule has 1 heterocycles. The molecule has 0 unspecified atom stereocenters. The van der Waals surface area contributed by atoms with Gasteiger partial charge in [-0.25, -0.2) is 13.2 Å². The van der Waals surface area contributed by atoms with E-state index in [-0.39, 0.29) is 10.6 Å². The standard InChI is InChI=1S/C13H14N2O4S/c1-9-4-3-5-10(6-9)15-20(17,18)11-7-12(14-8-11)13(16)19-2/h3-8,14-15H,1-2H3. The third-order valence-corrected chi connectivity index (χ3v) is 4.00. The Morgan fingerprint density at radius 1 is 1.30 bits per heavy atom. The summed E-state index contributed by atoms with van der Waals surface area (Å²) in [5, 5.41) is 0. The number of esters is 1. The van der Waals surface area contributed by atoms with Crippen LogP contribution in [0.4, 0.5) is 5.69 Å². The van der Waals surface area contributed by atoms with Gasteiger partial charge in [-0.15, -0.1) is 0 Å². The van der Waals surface area contributed by atoms with E-state index in [0.29, 0.717) is 5.69 Å². The second-order valence-corrected chi connectivity index (χ2v) is 5.90. The summed E-state index contributed by atoms with van der Waals surface area (Å²) in [6.45, 7) is 1.86. The number of nitrogens with one attached hydrogen (secondary N) is 2. The number of benzene rings is 1. The van der Waals surface area contributed by atoms with Gasteiger partial charge in [0, 0.05) is 11.9 Å². The third-order valence-electron chi connectivity index (χ3n) is 2.64. The van der Waals surface area contributed by atoms with Gasteiger partial charge in [0.05, 0.1) is 7.11 Å². The average molecular weight is 294 g/mol. The van der Waals surface area contributed by atoms with Crippen LogP contribution in [0.3, 0.4) is 0 Å². The maximum Gasteiger partial charge on any atom is 0.354 e. The average Bonchev–Trinajstić information content (AvgIpc) is 2.87. The molecule has 7 heteroatoms. The van der Waals surface area contributed by atoms with Crippen molar-refractivity contribution < 1.29 is 17.9 Å². The Labute approximate surface area is 116 Å². The molecule has 0 aliphatic heterocycles. The van der Waals surface area contributed by atoms with Gasteiger partial charge in [0.15, 0.2) is 0 Å². The Morgan fingerprint density at radius 2 is 2.05 bits per heavy atom. The van der Waals surface area contributed by atoms with Gasteiger partial charge in [0.25, 0.3) is 10.0 Å². The summed E-state index contributed by atoms with van der Waals surface area (Å²) in [6, 6.07) is 8.21. The fourth-order valence-electron chi connectivity index (χ4n) is 1.68. The lowest BCUT2D eigenvalue weighted by molar-refractivity contribution is 0.0595. The van der Waals surface area contributed by atoms with Gasteiger partial charge in [-0.1, -0.05) is 12.1 Å². The summed E-state index contributed by atoms with van der Waals surface area (Å²) < 4.78 is 31.3. The van der Waals surface area contributed by atoms with E-state index in [1.165, 1.54) is 19.4 Å². The first-order chi connectivity index (χ1) is 9.42. The number of rotatable bonds is 4. The van der Waals surface area contributed by atoms with Crippen LogP contribution in [0.1, 0.15) is 16.1 Å². The quantitative estimate of drug-likeness (QED) is 0.843. The molecule has 106 valence electrons. The van der Waals surface area contributed by atoms with Crippen molar-refractivity contribution in [2.45, 2.75) is 11.8 Å². The molecule has 0 aliphatic carbocycles. The molecule has 2 N–H and O–H groups in total. The number of ether oxygens (including phenoxy) is 1. The zero-order valence-corrected chi connectivity index (χ0v) is 11.8. The van der Waals surface area contributed by atoms with Gasteiger partial charge in [-0.3, -0.25) is 4.72 Å². The van der Waals surface area contributed by atoms with Crippen LogP contribution >= 0.6 is 0 Å². The smallest absolute Gasteiger partial charge is 0.354 e. The van der Waals surface area contributed by atoms with Crippen molar-refractivity contribution in [3.63, 3.8) is 0 Å². The van der Waals surface area contributed by atoms with Gasteiger partial charge < -0.3 is 9.72 Å². The predicted molar refractivity (Wildman–Crippen MR) is 74.1 cm³/mol. The van der Waals surface area contributed by atoms with Crippen LogP contribution in [-0.4, -0.2) is 26.5 Å². The summed E-state index contributed by atoms with van der Waals surface area (Å²) >= 11 is 0. The van der Waals surface area contributed by atoms with Crippen molar-refractivity contribution in [2.75, 3.05) is 11.8 Å². The molecule has 0 saturated carbocycles. The van der Waals surface area contributed by atoms with E-state index in [4.69, 9.17) is 0 Å². The summed E-state index contributed by atoms with van der Waals surface area (Å²) in [4.78, 5) is 13.8. The van der Waals surface area contributed by atoms with Crippen molar-refractivity contribution in [2.24, 2.45) is 0 Å². The Bertz CT molecular complexity index is 734. The van der Waals surface area contributed by atoms with Crippen molar-refractivity contribution in [1.29, 1.82) is 0 Å². The summed E-state index contributed by atoms with van der Waals surface area (Å²) in [6.07, 6.45) is 1.24. The molecule has 20 heavy (non-hydrogen) atoms. The van der Waals surface area contributed by atoms with Crippen molar-refractivity contribution in [3.8, 4) is 0 Å². The number of hydrogen-bond acceptors (Lipinski definition) is 4. The molecule has 0 aliphatic rings. The minimum atomic E-state index is -3.74. The van der Waals surface area contributed by atoms with Crippen LogP contribution in [0.5, 0.6) is 0 Å². The fourth-order valence-corrected chi connectivity index (χ4v) is 2.72. The maximum absolute atomic E-state index is 12.2. The number of carbonyl (C=O) groups excluding carboxylic acids is 1. The van der Waals surface area contributed by atoms with Gasteiger partial charge in [-0.05, 0) is 30.7 Å². The molecule has 2 aromatic rings. The fraction of sp³-hybridized carbons (Fsp3) is 0.154. The largest absolute Gasteiger partial charge is 0.464 e. The number of anilines is 1. The first-order valence-electron chi connectivity index (χ1n) is 5.78. The molecule has 0 radical (unpaired) electrons. The highest BCUT2D eigenvalue weighted by atomic mass is 32.2. The van der Waals surface area contributed by atoms with Gasteiger partial charge in [-0.2, -0.15) is 0 Å². The number of carbonyl (C=O) groups is 1. The van der Waals surface area contributed by atoms with Gasteiger partial charge in [0.1, 0.15) is 10.6 Å². The normalized spacial score (nSPS) is 11.1. The lowest BCUT2D eigenvalue weighted by Crippen LogP contribution is -2.12. The molecule has 0 bridgehead atoms. The van der Waals surface area contributed by atoms with Crippen molar-refractivity contribution >= 4 is 21.7 Å². The van der Waals surface area contributed by atoms with E-state index >= 15 is 0 Å². The molecular formula is C13H14N2O4S. The van der Waals surface area contributed by atoms with E-state index in [1.54, 1.807) is 18.2 Å². The van der Waals surface area contributed by atoms with Crippen molar-refractivity contribution in [1.82, 2.24) is 4.98 Å². The first kappa shape index (κ1) is 14.1. The minimum absolute atomic E-state index is 0.0283. The highest BCUT2D eigenvalue weighted by Gasteiger charge is 2.18. The van der Waals surface area contributed by atoms with Crippen LogP contribution in [0, 0.1) is 6.92 Å². The zero-order chi connectivity index (χ0) is 14.8. The molecule has 0 spiro atoms. The summed E-state index contributed by atoms with van der Waals surface area (Å²) in [5.41, 5.74) is 1.48. The molecule has 6 nitrogen and oxygen atoms in total. The van der Waals surface area contributed by atoms with Crippen LogP contribution in [0.15, 0.2) is 41.4 Å². The van der Waals surface area contributed by atoms with Crippen LogP contribution in [-0.2, 0) is 14.8 Å². The number of aromatic amines is 1. The molecule has 0 amide bonds. The Kier molecular flexibility index (Phi) is 3.80. The zero-order valence-electron chi connectivity index (χ0n) is 11.0. The lowest BCUT2D eigenvalue weighted by Gasteiger charge is -2.06. The number of methoxy groups -OCH3 is 1. The Morgan fingerprint density at radius 3 is 2.70 bits per heavy atom. The lowest BCUT2D eigenvalue weighted by atomic mass is 10.2. The van der Waals surface area contributed by atoms with Crippen LogP contribution in [0.2, 0.25) is 0 Å². The highest BCUT2D eigenvalue weighted by Crippen LogP contribution is 2.18. The second kappa shape index (κ2) is 5.38. The summed E-state index contributed by atoms with van der Waals surface area (Å²) in [5.74, 6) is -0.623. The molecule has 0 fully saturated rings. The number of aromatic nitrogens is 1. The molecule has 1 aromatic heterocycles.